The van der Waals surface area contributed by atoms with E-state index in [4.69, 9.17) is 0 Å². The average Bonchev–Trinajstić information content (AvgIpc) is 3.10. The minimum Gasteiger partial charge on any atom is -0.347 e. The summed E-state index contributed by atoms with van der Waals surface area (Å²) in [5.74, 6) is -2.41. The molecule has 4 nitrogen and oxygen atoms in total. The number of hydrogen-bond donors (Lipinski definition) is 1. The van der Waals surface area contributed by atoms with E-state index in [9.17, 15) is 13.6 Å². The van der Waals surface area contributed by atoms with Crippen LogP contribution in [0.5, 0.6) is 0 Å². The van der Waals surface area contributed by atoms with Gasteiger partial charge in [-0.25, -0.2) is 8.78 Å². The highest BCUT2D eigenvalue weighted by molar-refractivity contribution is 7.10. The molecule has 1 aromatic heterocycles. The van der Waals surface area contributed by atoms with Crippen molar-refractivity contribution in [3.05, 3.63) is 57.8 Å². The van der Waals surface area contributed by atoms with E-state index >= 15 is 0 Å². The first-order chi connectivity index (χ1) is 12.5. The van der Waals surface area contributed by atoms with Crippen molar-refractivity contribution >= 4 is 17.2 Å². The molecule has 3 rings (SSSR count). The first-order valence-corrected chi connectivity index (χ1v) is 9.56. The van der Waals surface area contributed by atoms with Gasteiger partial charge < -0.3 is 10.2 Å². The summed E-state index contributed by atoms with van der Waals surface area (Å²) in [5.41, 5.74) is -0.525. The zero-order valence-electron chi connectivity index (χ0n) is 14.9. The first kappa shape index (κ1) is 18.9. The van der Waals surface area contributed by atoms with Gasteiger partial charge in [-0.1, -0.05) is 12.1 Å². The second-order valence-electron chi connectivity index (χ2n) is 6.66. The van der Waals surface area contributed by atoms with E-state index < -0.39 is 23.1 Å². The summed E-state index contributed by atoms with van der Waals surface area (Å²) in [7, 11) is 2.09. The highest BCUT2D eigenvalue weighted by Gasteiger charge is 2.31. The number of amides is 1. The van der Waals surface area contributed by atoms with Gasteiger partial charge in [0.2, 0.25) is 0 Å². The first-order valence-electron chi connectivity index (χ1n) is 8.68. The average molecular weight is 379 g/mol. The minimum atomic E-state index is -0.845. The van der Waals surface area contributed by atoms with Crippen LogP contribution in [0.1, 0.15) is 28.2 Å². The van der Waals surface area contributed by atoms with Crippen LogP contribution >= 0.6 is 11.3 Å². The number of rotatable bonds is 5. The highest BCUT2D eigenvalue weighted by atomic mass is 32.1. The second-order valence-corrected chi connectivity index (χ2v) is 7.64. The molecule has 0 aliphatic carbocycles. The third-order valence-electron chi connectivity index (χ3n) is 4.79. The smallest absolute Gasteiger partial charge is 0.257 e. The minimum absolute atomic E-state index is 0.0255. The molecule has 1 fully saturated rings. The van der Waals surface area contributed by atoms with Gasteiger partial charge in [-0.3, -0.25) is 9.69 Å². The molecule has 1 aliphatic heterocycles. The number of piperazine rings is 1. The van der Waals surface area contributed by atoms with Crippen LogP contribution in [0.15, 0.2) is 35.7 Å². The topological polar surface area (TPSA) is 35.6 Å². The lowest BCUT2D eigenvalue weighted by atomic mass is 10.0. The van der Waals surface area contributed by atoms with E-state index in [1.807, 2.05) is 24.4 Å². The fraction of sp³-hybridized carbons (Fsp3) is 0.421. The molecule has 0 radical (unpaired) electrons. The van der Waals surface area contributed by atoms with Gasteiger partial charge in [0.05, 0.1) is 6.04 Å². The number of hydrogen-bond acceptors (Lipinski definition) is 4. The summed E-state index contributed by atoms with van der Waals surface area (Å²) in [6.07, 6.45) is 0. The van der Waals surface area contributed by atoms with E-state index in [0.29, 0.717) is 0 Å². The molecule has 7 heteroatoms. The van der Waals surface area contributed by atoms with Crippen molar-refractivity contribution in [2.24, 2.45) is 0 Å². The summed E-state index contributed by atoms with van der Waals surface area (Å²) in [6, 6.07) is 7.16. The molecule has 0 saturated carbocycles. The Labute approximate surface area is 156 Å². The summed E-state index contributed by atoms with van der Waals surface area (Å²) >= 11 is 1.63. The van der Waals surface area contributed by atoms with Gasteiger partial charge in [0.1, 0.15) is 17.2 Å². The largest absolute Gasteiger partial charge is 0.347 e. The molecule has 0 spiro atoms. The molecule has 2 aromatic rings. The molecule has 0 bridgehead atoms. The molecule has 1 saturated heterocycles. The van der Waals surface area contributed by atoms with E-state index in [1.54, 1.807) is 11.3 Å². The van der Waals surface area contributed by atoms with Crippen molar-refractivity contribution in [3.63, 3.8) is 0 Å². The number of carbonyl (C=O) groups excluding carboxylic acids is 1. The fourth-order valence-electron chi connectivity index (χ4n) is 3.37. The van der Waals surface area contributed by atoms with Gasteiger partial charge in [0.15, 0.2) is 0 Å². The van der Waals surface area contributed by atoms with Crippen LogP contribution in [0.2, 0.25) is 0 Å². The number of nitrogens with one attached hydrogen (secondary N) is 1. The molecule has 26 heavy (non-hydrogen) atoms. The maximum atomic E-state index is 13.9. The molecular formula is C19H23F2N3OS. The van der Waals surface area contributed by atoms with E-state index in [0.717, 1.165) is 43.2 Å². The Morgan fingerprint density at radius 1 is 1.12 bits per heavy atom. The molecule has 0 unspecified atom stereocenters. The summed E-state index contributed by atoms with van der Waals surface area (Å²) in [6.45, 7) is 5.55. The Morgan fingerprint density at radius 2 is 1.77 bits per heavy atom. The molecule has 1 aliphatic rings. The van der Waals surface area contributed by atoms with Crippen LogP contribution < -0.4 is 5.32 Å². The van der Waals surface area contributed by atoms with Gasteiger partial charge in [-0.05, 0) is 37.6 Å². The van der Waals surface area contributed by atoms with Crippen LogP contribution in [-0.2, 0) is 0 Å². The normalized spacial score (nSPS) is 18.5. The molecule has 2 heterocycles. The lowest BCUT2D eigenvalue weighted by Crippen LogP contribution is -2.51. The number of halogens is 2. The summed E-state index contributed by atoms with van der Waals surface area (Å²) in [4.78, 5) is 18.2. The van der Waals surface area contributed by atoms with Crippen molar-refractivity contribution in [2.75, 3.05) is 33.2 Å². The van der Waals surface area contributed by atoms with Gasteiger partial charge in [0, 0.05) is 37.1 Å². The van der Waals surface area contributed by atoms with Crippen LogP contribution in [0, 0.1) is 11.6 Å². The summed E-state index contributed by atoms with van der Waals surface area (Å²) < 4.78 is 27.8. The van der Waals surface area contributed by atoms with Crippen molar-refractivity contribution in [2.45, 2.75) is 19.0 Å². The molecule has 2 atom stereocenters. The Hall–Kier alpha value is -1.83. The fourth-order valence-corrected chi connectivity index (χ4v) is 4.34. The maximum Gasteiger partial charge on any atom is 0.257 e. The summed E-state index contributed by atoms with van der Waals surface area (Å²) in [5, 5.41) is 4.81. The monoisotopic (exact) mass is 379 g/mol. The third kappa shape index (κ3) is 4.11. The van der Waals surface area contributed by atoms with Gasteiger partial charge in [0.25, 0.3) is 5.91 Å². The van der Waals surface area contributed by atoms with Crippen LogP contribution in [0.3, 0.4) is 0 Å². The molecule has 1 amide bonds. The van der Waals surface area contributed by atoms with E-state index in [1.165, 1.54) is 6.07 Å². The predicted molar refractivity (Wildman–Crippen MR) is 99.4 cm³/mol. The SMILES string of the molecule is C[C@@H](NC(=O)c1c(F)cccc1F)[C@H](c1cccs1)N1CCN(C)CC1. The van der Waals surface area contributed by atoms with E-state index in [2.05, 4.69) is 22.2 Å². The van der Waals surface area contributed by atoms with Crippen LogP contribution in [0.4, 0.5) is 8.78 Å². The van der Waals surface area contributed by atoms with Crippen LogP contribution in [0.25, 0.3) is 0 Å². The number of nitrogens with zero attached hydrogens (tertiary/aromatic N) is 2. The molecular weight excluding hydrogens is 356 g/mol. The Balaban J connectivity index is 1.79. The van der Waals surface area contributed by atoms with Crippen LogP contribution in [-0.4, -0.2) is 55.0 Å². The predicted octanol–water partition coefficient (Wildman–Crippen LogP) is 3.13. The van der Waals surface area contributed by atoms with E-state index in [-0.39, 0.29) is 12.1 Å². The van der Waals surface area contributed by atoms with Gasteiger partial charge in [-0.2, -0.15) is 0 Å². The van der Waals surface area contributed by atoms with Crippen molar-refractivity contribution in [1.29, 1.82) is 0 Å². The van der Waals surface area contributed by atoms with Gasteiger partial charge >= 0.3 is 0 Å². The second kappa shape index (κ2) is 8.24. The number of likely N-dealkylation sites (N-methyl/N-ethyl adjacent to an activating group) is 1. The zero-order chi connectivity index (χ0) is 18.7. The molecule has 1 aromatic carbocycles. The number of thiophene rings is 1. The Morgan fingerprint density at radius 3 is 2.35 bits per heavy atom. The Bertz CT molecular complexity index is 725. The molecule has 140 valence electrons. The number of benzene rings is 1. The van der Waals surface area contributed by atoms with Crippen molar-refractivity contribution < 1.29 is 13.6 Å². The highest BCUT2D eigenvalue weighted by Crippen LogP contribution is 2.29. The standard InChI is InChI=1S/C19H23F2N3OS/c1-13(22-19(25)17-14(20)5-3-6-15(17)21)18(16-7-4-12-26-16)24-10-8-23(2)9-11-24/h3-7,12-13,18H,8-11H2,1-2H3,(H,22,25)/t13-,18-/m1/s1. The van der Waals surface area contributed by atoms with Crippen molar-refractivity contribution in [1.82, 2.24) is 15.1 Å². The zero-order valence-corrected chi connectivity index (χ0v) is 15.7. The quantitative estimate of drug-likeness (QED) is 0.867. The number of carbonyl (C=O) groups is 1. The lowest BCUT2D eigenvalue weighted by Gasteiger charge is -2.40. The van der Waals surface area contributed by atoms with Gasteiger partial charge in [-0.15, -0.1) is 11.3 Å². The Kier molecular flexibility index (Phi) is 6.01. The molecule has 1 N–H and O–H groups in total. The maximum absolute atomic E-state index is 13.9. The van der Waals surface area contributed by atoms with Crippen molar-refractivity contribution in [3.8, 4) is 0 Å². The lowest BCUT2D eigenvalue weighted by molar-refractivity contribution is 0.0793. The third-order valence-corrected chi connectivity index (χ3v) is 5.73.